The van der Waals surface area contributed by atoms with Gasteiger partial charge < -0.3 is 10.0 Å². The van der Waals surface area contributed by atoms with Crippen LogP contribution in [0.4, 0.5) is 5.69 Å². The SMILES string of the molecule is O=C(O)C1CCN(C(=O)Cn2cc([N+](=O)[O-])cn2)CC1. The van der Waals surface area contributed by atoms with E-state index < -0.39 is 16.8 Å². The van der Waals surface area contributed by atoms with Crippen LogP contribution >= 0.6 is 0 Å². The van der Waals surface area contributed by atoms with E-state index in [-0.39, 0.29) is 18.1 Å². The van der Waals surface area contributed by atoms with Crippen molar-refractivity contribution in [3.63, 3.8) is 0 Å². The zero-order valence-electron chi connectivity index (χ0n) is 10.6. The number of piperidine rings is 1. The van der Waals surface area contributed by atoms with Gasteiger partial charge in [0.25, 0.3) is 0 Å². The molecule has 1 amide bonds. The fourth-order valence-electron chi connectivity index (χ4n) is 2.15. The number of carbonyl (C=O) groups is 2. The molecule has 108 valence electrons. The van der Waals surface area contributed by atoms with Crippen molar-refractivity contribution >= 4 is 17.6 Å². The highest BCUT2D eigenvalue weighted by Gasteiger charge is 2.27. The Kier molecular flexibility index (Phi) is 3.97. The second-order valence-electron chi connectivity index (χ2n) is 4.65. The Balaban J connectivity index is 1.89. The molecule has 20 heavy (non-hydrogen) atoms. The molecule has 9 heteroatoms. The van der Waals surface area contributed by atoms with Gasteiger partial charge in [-0.25, -0.2) is 0 Å². The molecular formula is C11H14N4O5. The number of carboxylic acids is 1. The van der Waals surface area contributed by atoms with Crippen LogP contribution in [0.5, 0.6) is 0 Å². The molecule has 1 aliphatic rings. The van der Waals surface area contributed by atoms with Crippen LogP contribution in [0.2, 0.25) is 0 Å². The predicted octanol–water partition coefficient (Wildman–Crippen LogP) is 0.114. The van der Waals surface area contributed by atoms with E-state index in [9.17, 15) is 19.7 Å². The lowest BCUT2D eigenvalue weighted by atomic mass is 9.97. The number of aromatic nitrogens is 2. The van der Waals surface area contributed by atoms with E-state index in [1.807, 2.05) is 0 Å². The molecule has 1 aliphatic heterocycles. The van der Waals surface area contributed by atoms with Gasteiger partial charge in [0, 0.05) is 13.1 Å². The molecule has 0 unspecified atom stereocenters. The Morgan fingerprint density at radius 3 is 2.60 bits per heavy atom. The van der Waals surface area contributed by atoms with Crippen LogP contribution in [0, 0.1) is 16.0 Å². The Morgan fingerprint density at radius 2 is 2.10 bits per heavy atom. The summed E-state index contributed by atoms with van der Waals surface area (Å²) in [6, 6.07) is 0. The summed E-state index contributed by atoms with van der Waals surface area (Å²) in [5, 5.41) is 23.1. The minimum Gasteiger partial charge on any atom is -0.481 e. The molecule has 0 atom stereocenters. The molecule has 1 fully saturated rings. The maximum absolute atomic E-state index is 12.0. The lowest BCUT2D eigenvalue weighted by Crippen LogP contribution is -2.41. The molecule has 0 spiro atoms. The number of carboxylic acid groups (broad SMARTS) is 1. The third kappa shape index (κ3) is 3.11. The first-order chi connectivity index (χ1) is 9.47. The van der Waals surface area contributed by atoms with E-state index in [1.54, 1.807) is 4.90 Å². The van der Waals surface area contributed by atoms with Gasteiger partial charge in [-0.05, 0) is 12.8 Å². The van der Waals surface area contributed by atoms with Crippen LogP contribution in [0.1, 0.15) is 12.8 Å². The van der Waals surface area contributed by atoms with Gasteiger partial charge in [0.15, 0.2) is 0 Å². The number of nitrogens with zero attached hydrogens (tertiary/aromatic N) is 4. The Hall–Kier alpha value is -2.45. The molecule has 0 bridgehead atoms. The molecule has 2 heterocycles. The van der Waals surface area contributed by atoms with Crippen molar-refractivity contribution in [1.29, 1.82) is 0 Å². The van der Waals surface area contributed by atoms with Crippen LogP contribution in [0.3, 0.4) is 0 Å². The van der Waals surface area contributed by atoms with Gasteiger partial charge in [-0.15, -0.1) is 0 Å². The van der Waals surface area contributed by atoms with Gasteiger partial charge >= 0.3 is 11.7 Å². The van der Waals surface area contributed by atoms with E-state index in [1.165, 1.54) is 10.9 Å². The van der Waals surface area contributed by atoms with Gasteiger partial charge in [0.2, 0.25) is 5.91 Å². The summed E-state index contributed by atoms with van der Waals surface area (Å²) in [7, 11) is 0. The molecule has 0 aromatic carbocycles. The zero-order valence-corrected chi connectivity index (χ0v) is 10.6. The van der Waals surface area contributed by atoms with Crippen molar-refractivity contribution < 1.29 is 19.6 Å². The summed E-state index contributed by atoms with van der Waals surface area (Å²) in [5.41, 5.74) is -0.164. The number of carbonyl (C=O) groups excluding carboxylic acids is 1. The number of likely N-dealkylation sites (tertiary alicyclic amines) is 1. The van der Waals surface area contributed by atoms with Crippen molar-refractivity contribution in [3.05, 3.63) is 22.5 Å². The second-order valence-corrected chi connectivity index (χ2v) is 4.65. The van der Waals surface area contributed by atoms with Crippen LogP contribution in [-0.2, 0) is 16.1 Å². The van der Waals surface area contributed by atoms with Gasteiger partial charge in [-0.1, -0.05) is 0 Å². The monoisotopic (exact) mass is 282 g/mol. The van der Waals surface area contributed by atoms with E-state index >= 15 is 0 Å². The number of hydrogen-bond donors (Lipinski definition) is 1. The van der Waals surface area contributed by atoms with E-state index in [0.717, 1.165) is 6.20 Å². The van der Waals surface area contributed by atoms with E-state index in [0.29, 0.717) is 25.9 Å². The normalized spacial score (nSPS) is 16.1. The molecule has 1 saturated heterocycles. The minimum absolute atomic E-state index is 0.0778. The Bertz CT molecular complexity index is 533. The zero-order chi connectivity index (χ0) is 14.7. The fraction of sp³-hybridized carbons (Fsp3) is 0.545. The third-order valence-electron chi connectivity index (χ3n) is 3.32. The van der Waals surface area contributed by atoms with Crippen molar-refractivity contribution in [3.8, 4) is 0 Å². The maximum atomic E-state index is 12.0. The van der Waals surface area contributed by atoms with Gasteiger partial charge in [0.1, 0.15) is 18.9 Å². The van der Waals surface area contributed by atoms with E-state index in [2.05, 4.69) is 5.10 Å². The number of amides is 1. The van der Waals surface area contributed by atoms with Crippen LogP contribution in [0.15, 0.2) is 12.4 Å². The molecular weight excluding hydrogens is 268 g/mol. The fourth-order valence-corrected chi connectivity index (χ4v) is 2.15. The summed E-state index contributed by atoms with van der Waals surface area (Å²) in [5.74, 6) is -1.45. The lowest BCUT2D eigenvalue weighted by molar-refractivity contribution is -0.385. The summed E-state index contributed by atoms with van der Waals surface area (Å²) in [4.78, 5) is 34.3. The Labute approximate surface area is 113 Å². The molecule has 1 aromatic rings. The van der Waals surface area contributed by atoms with Gasteiger partial charge in [-0.3, -0.25) is 24.4 Å². The van der Waals surface area contributed by atoms with Crippen LogP contribution in [0.25, 0.3) is 0 Å². The first kappa shape index (κ1) is 14.0. The van der Waals surface area contributed by atoms with Gasteiger partial charge in [0.05, 0.1) is 10.8 Å². The molecule has 2 rings (SSSR count). The Morgan fingerprint density at radius 1 is 1.45 bits per heavy atom. The minimum atomic E-state index is -0.834. The second kappa shape index (κ2) is 5.68. The van der Waals surface area contributed by atoms with Crippen LogP contribution < -0.4 is 0 Å². The van der Waals surface area contributed by atoms with Crippen molar-refractivity contribution in [2.24, 2.45) is 5.92 Å². The molecule has 0 saturated carbocycles. The number of nitro groups is 1. The molecule has 1 N–H and O–H groups in total. The van der Waals surface area contributed by atoms with Crippen molar-refractivity contribution in [1.82, 2.24) is 14.7 Å². The topological polar surface area (TPSA) is 119 Å². The highest BCUT2D eigenvalue weighted by atomic mass is 16.6. The molecule has 0 aliphatic carbocycles. The summed E-state index contributed by atoms with van der Waals surface area (Å²) >= 11 is 0. The maximum Gasteiger partial charge on any atom is 0.307 e. The lowest BCUT2D eigenvalue weighted by Gasteiger charge is -2.30. The predicted molar refractivity (Wildman–Crippen MR) is 65.8 cm³/mol. The van der Waals surface area contributed by atoms with Gasteiger partial charge in [-0.2, -0.15) is 5.10 Å². The first-order valence-corrected chi connectivity index (χ1v) is 6.15. The van der Waals surface area contributed by atoms with Crippen LogP contribution in [-0.4, -0.2) is 49.7 Å². The molecule has 0 radical (unpaired) electrons. The van der Waals surface area contributed by atoms with Crippen molar-refractivity contribution in [2.75, 3.05) is 13.1 Å². The number of rotatable bonds is 4. The first-order valence-electron chi connectivity index (χ1n) is 6.15. The molecule has 1 aromatic heterocycles. The smallest absolute Gasteiger partial charge is 0.307 e. The quantitative estimate of drug-likeness (QED) is 0.618. The largest absolute Gasteiger partial charge is 0.481 e. The summed E-state index contributed by atoms with van der Waals surface area (Å²) < 4.78 is 1.21. The van der Waals surface area contributed by atoms with E-state index in [4.69, 9.17) is 5.11 Å². The summed E-state index contributed by atoms with van der Waals surface area (Å²) in [6.07, 6.45) is 3.15. The average molecular weight is 282 g/mol. The molecule has 9 nitrogen and oxygen atoms in total. The summed E-state index contributed by atoms with van der Waals surface area (Å²) in [6.45, 7) is 0.698. The van der Waals surface area contributed by atoms with Crippen molar-refractivity contribution in [2.45, 2.75) is 19.4 Å². The average Bonchev–Trinajstić information content (AvgIpc) is 2.87. The number of hydrogen-bond acceptors (Lipinski definition) is 5. The highest BCUT2D eigenvalue weighted by Crippen LogP contribution is 2.17. The number of aliphatic carboxylic acids is 1. The highest BCUT2D eigenvalue weighted by molar-refractivity contribution is 5.76. The third-order valence-corrected chi connectivity index (χ3v) is 3.32. The standard InChI is InChI=1S/C11H14N4O5/c16-10(7-14-6-9(5-12-14)15(19)20)13-3-1-8(2-4-13)11(17)18/h5-6,8H,1-4,7H2,(H,17,18).